The van der Waals surface area contributed by atoms with Crippen LogP contribution in [0.5, 0.6) is 0 Å². The minimum atomic E-state index is -4.95. The summed E-state index contributed by atoms with van der Waals surface area (Å²) in [6.45, 7) is 9.50. The maximum atomic E-state index is 13.0. The lowest BCUT2D eigenvalue weighted by molar-refractivity contribution is -0.161. The molecule has 0 saturated heterocycles. The summed E-state index contributed by atoms with van der Waals surface area (Å²) >= 11 is 0. The van der Waals surface area contributed by atoms with E-state index in [1.165, 1.54) is 167 Å². The summed E-state index contributed by atoms with van der Waals surface area (Å²) < 4.78 is 68.2. The first-order valence-electron chi connectivity index (χ1n) is 37.0. The predicted octanol–water partition coefficient (Wildman–Crippen LogP) is 20.4. The molecule has 19 heteroatoms. The SMILES string of the molecule is CCCCCCCCCCCCCCC(=O)OC[C@H](COP(=O)(O)OC[C@@H](O)COP(=O)(O)OC[C@@H](COC(=O)CCCCCCCCC)OC(=O)CCCCCCCCC(C)CC)OC(=O)CCCCCCCCCCCCCCCCCCCCC(C)C. The van der Waals surface area contributed by atoms with Crippen LogP contribution in [0.15, 0.2) is 0 Å². The van der Waals surface area contributed by atoms with E-state index in [2.05, 4.69) is 41.5 Å². The monoisotopic (exact) mass is 1320 g/mol. The Bertz CT molecular complexity index is 1750. The Balaban J connectivity index is 5.14. The first-order chi connectivity index (χ1) is 43.4. The van der Waals surface area contributed by atoms with Gasteiger partial charge in [-0.1, -0.05) is 311 Å². The molecular weight excluding hydrogens is 1190 g/mol. The normalized spacial score (nSPS) is 14.4. The van der Waals surface area contributed by atoms with Crippen molar-refractivity contribution in [2.45, 2.75) is 381 Å². The molecule has 0 saturated carbocycles. The lowest BCUT2D eigenvalue weighted by atomic mass is 10.00. The van der Waals surface area contributed by atoms with Crippen molar-refractivity contribution in [3.8, 4) is 0 Å². The molecule has 0 amide bonds. The van der Waals surface area contributed by atoms with Crippen LogP contribution < -0.4 is 0 Å². The summed E-state index contributed by atoms with van der Waals surface area (Å²) in [5.74, 6) is -0.589. The standard InChI is InChI=1S/C71H138O17P2/c1-7-10-12-14-16-17-18-28-31-35-42-48-54-69(74)82-60-66(87-70(75)55-49-43-36-32-29-26-24-22-20-19-21-23-25-27-30-34-39-45-51-63(4)5)61-85-89(77,78)83-57-65(72)58-84-90(79,80)86-62-67(59-81-68(73)53-47-41-33-15-13-11-8-2)88-71(76)56-50-44-38-37-40-46-52-64(6)9-3/h63-67,72H,7-62H2,1-6H3,(H,77,78)(H,79,80)/t64?,65-,66-,67-/m1/s1. The molecular formula is C71H138O17P2. The fourth-order valence-corrected chi connectivity index (χ4v) is 12.3. The van der Waals surface area contributed by atoms with Crippen LogP contribution in [0.3, 0.4) is 0 Å². The fourth-order valence-electron chi connectivity index (χ4n) is 10.7. The molecule has 17 nitrogen and oxygen atoms in total. The third kappa shape index (κ3) is 63.5. The smallest absolute Gasteiger partial charge is 0.462 e. The van der Waals surface area contributed by atoms with E-state index in [4.69, 9.17) is 37.0 Å². The van der Waals surface area contributed by atoms with E-state index >= 15 is 0 Å². The first-order valence-corrected chi connectivity index (χ1v) is 40.0. The van der Waals surface area contributed by atoms with Gasteiger partial charge in [-0.25, -0.2) is 9.13 Å². The van der Waals surface area contributed by atoms with E-state index in [0.29, 0.717) is 25.7 Å². The lowest BCUT2D eigenvalue weighted by Gasteiger charge is -2.21. The van der Waals surface area contributed by atoms with Crippen molar-refractivity contribution >= 4 is 39.5 Å². The van der Waals surface area contributed by atoms with Crippen LogP contribution >= 0.6 is 15.6 Å². The van der Waals surface area contributed by atoms with Crippen LogP contribution in [0.1, 0.15) is 363 Å². The molecule has 0 bridgehead atoms. The first kappa shape index (κ1) is 88.1. The zero-order chi connectivity index (χ0) is 66.5. The van der Waals surface area contributed by atoms with E-state index in [1.807, 2.05) is 0 Å². The number of aliphatic hydroxyl groups excluding tert-OH is 1. The maximum absolute atomic E-state index is 13.0. The van der Waals surface area contributed by atoms with Crippen LogP contribution in [0.2, 0.25) is 0 Å². The summed E-state index contributed by atoms with van der Waals surface area (Å²) in [6, 6.07) is 0. The second-order valence-corrected chi connectivity index (χ2v) is 29.3. The van der Waals surface area contributed by atoms with Gasteiger partial charge in [0.25, 0.3) is 0 Å². The highest BCUT2D eigenvalue weighted by atomic mass is 31.2. The van der Waals surface area contributed by atoms with Gasteiger partial charge in [0.05, 0.1) is 26.4 Å². The van der Waals surface area contributed by atoms with Crippen molar-refractivity contribution in [2.75, 3.05) is 39.6 Å². The molecule has 90 heavy (non-hydrogen) atoms. The van der Waals surface area contributed by atoms with Crippen LogP contribution in [0.25, 0.3) is 0 Å². The van der Waals surface area contributed by atoms with E-state index < -0.39 is 97.5 Å². The number of rotatable bonds is 70. The molecule has 0 fully saturated rings. The highest BCUT2D eigenvalue weighted by molar-refractivity contribution is 7.47. The minimum Gasteiger partial charge on any atom is -0.462 e. The van der Waals surface area contributed by atoms with Crippen LogP contribution in [-0.4, -0.2) is 96.7 Å². The fraction of sp³-hybridized carbons (Fsp3) is 0.944. The van der Waals surface area contributed by atoms with E-state index in [1.54, 1.807) is 0 Å². The average Bonchev–Trinajstić information content (AvgIpc) is 2.98. The average molecular weight is 1330 g/mol. The minimum absolute atomic E-state index is 0.103. The summed E-state index contributed by atoms with van der Waals surface area (Å²) in [4.78, 5) is 72.4. The van der Waals surface area contributed by atoms with Gasteiger partial charge in [-0.2, -0.15) is 0 Å². The number of phosphoric ester groups is 2. The quantitative estimate of drug-likeness (QED) is 0.0222. The molecule has 0 aliphatic heterocycles. The molecule has 0 heterocycles. The predicted molar refractivity (Wildman–Crippen MR) is 363 cm³/mol. The van der Waals surface area contributed by atoms with Crippen molar-refractivity contribution in [2.24, 2.45) is 11.8 Å². The van der Waals surface area contributed by atoms with Crippen molar-refractivity contribution in [3.63, 3.8) is 0 Å². The number of aliphatic hydroxyl groups is 1. The number of carbonyl (C=O) groups excluding carboxylic acids is 4. The van der Waals surface area contributed by atoms with Gasteiger partial charge in [-0.05, 0) is 37.5 Å². The van der Waals surface area contributed by atoms with Gasteiger partial charge in [0.15, 0.2) is 12.2 Å². The summed E-state index contributed by atoms with van der Waals surface area (Å²) in [6.07, 6.45) is 48.8. The molecule has 6 atom stereocenters. The zero-order valence-corrected chi connectivity index (χ0v) is 60.2. The third-order valence-electron chi connectivity index (χ3n) is 16.8. The molecule has 0 aromatic heterocycles. The van der Waals surface area contributed by atoms with Gasteiger partial charge in [0.2, 0.25) is 0 Å². The van der Waals surface area contributed by atoms with Gasteiger partial charge in [0.1, 0.15) is 19.3 Å². The summed E-state index contributed by atoms with van der Waals surface area (Å²) in [5.41, 5.74) is 0. The molecule has 3 N–H and O–H groups in total. The largest absolute Gasteiger partial charge is 0.472 e. The Hall–Kier alpha value is -1.94. The molecule has 0 aliphatic rings. The van der Waals surface area contributed by atoms with Gasteiger partial charge < -0.3 is 33.8 Å². The highest BCUT2D eigenvalue weighted by Gasteiger charge is 2.30. The number of hydrogen-bond acceptors (Lipinski definition) is 15. The molecule has 0 spiro atoms. The second-order valence-electron chi connectivity index (χ2n) is 26.3. The van der Waals surface area contributed by atoms with E-state index in [0.717, 1.165) is 115 Å². The molecule has 0 radical (unpaired) electrons. The van der Waals surface area contributed by atoms with Crippen LogP contribution in [-0.2, 0) is 65.4 Å². The molecule has 0 aliphatic carbocycles. The number of ether oxygens (including phenoxy) is 4. The molecule has 534 valence electrons. The molecule has 0 aromatic rings. The molecule has 3 unspecified atom stereocenters. The number of carbonyl (C=O) groups is 4. The number of esters is 4. The van der Waals surface area contributed by atoms with Crippen molar-refractivity contribution in [3.05, 3.63) is 0 Å². The molecule has 0 aromatic carbocycles. The maximum Gasteiger partial charge on any atom is 0.472 e. The van der Waals surface area contributed by atoms with Crippen LogP contribution in [0, 0.1) is 11.8 Å². The number of unbranched alkanes of at least 4 members (excludes halogenated alkanes) is 39. The van der Waals surface area contributed by atoms with Crippen molar-refractivity contribution in [1.82, 2.24) is 0 Å². The third-order valence-corrected chi connectivity index (χ3v) is 18.7. The van der Waals surface area contributed by atoms with Gasteiger partial charge in [0, 0.05) is 25.7 Å². The Morgan fingerprint density at radius 1 is 0.322 bits per heavy atom. The van der Waals surface area contributed by atoms with Crippen molar-refractivity contribution < 1.29 is 80.2 Å². The van der Waals surface area contributed by atoms with Crippen molar-refractivity contribution in [1.29, 1.82) is 0 Å². The van der Waals surface area contributed by atoms with Gasteiger partial charge in [-0.3, -0.25) is 37.3 Å². The zero-order valence-electron chi connectivity index (χ0n) is 58.4. The highest BCUT2D eigenvalue weighted by Crippen LogP contribution is 2.45. The topological polar surface area (TPSA) is 237 Å². The second kappa shape index (κ2) is 63.1. The van der Waals surface area contributed by atoms with Crippen LogP contribution in [0.4, 0.5) is 0 Å². The lowest BCUT2D eigenvalue weighted by Crippen LogP contribution is -2.30. The Labute approximate surface area is 549 Å². The molecule has 0 rings (SSSR count). The Kier molecular flexibility index (Phi) is 61.8. The number of hydrogen-bond donors (Lipinski definition) is 3. The Morgan fingerprint density at radius 2 is 0.567 bits per heavy atom. The van der Waals surface area contributed by atoms with Gasteiger partial charge >= 0.3 is 39.5 Å². The van der Waals surface area contributed by atoms with Gasteiger partial charge in [-0.15, -0.1) is 0 Å². The Morgan fingerprint density at radius 3 is 0.844 bits per heavy atom. The number of phosphoric acid groups is 2. The van der Waals surface area contributed by atoms with E-state index in [9.17, 15) is 43.2 Å². The summed E-state index contributed by atoms with van der Waals surface area (Å²) in [5, 5.41) is 10.6. The summed E-state index contributed by atoms with van der Waals surface area (Å²) in [7, 11) is -9.89. The van der Waals surface area contributed by atoms with E-state index in [-0.39, 0.29) is 25.7 Å².